The van der Waals surface area contributed by atoms with Crippen LogP contribution in [0.3, 0.4) is 0 Å². The van der Waals surface area contributed by atoms with Gasteiger partial charge < -0.3 is 4.74 Å². The molecule has 0 spiro atoms. The van der Waals surface area contributed by atoms with Gasteiger partial charge in [-0.15, -0.1) is 10.2 Å². The Kier molecular flexibility index (Phi) is 8.52. The molecule has 0 aliphatic carbocycles. The topological polar surface area (TPSA) is 81.4 Å². The van der Waals surface area contributed by atoms with Crippen LogP contribution in [0, 0.1) is 0 Å². The molecular formula is C28H29N5O2S. The summed E-state index contributed by atoms with van der Waals surface area (Å²) < 4.78 is 7.52. The highest BCUT2D eigenvalue weighted by molar-refractivity contribution is 7.99. The van der Waals surface area contributed by atoms with Crippen molar-refractivity contribution in [1.82, 2.24) is 20.2 Å². The number of ether oxygens (including phenoxy) is 1. The molecule has 184 valence electrons. The van der Waals surface area contributed by atoms with Crippen LogP contribution in [0.25, 0.3) is 17.1 Å². The van der Waals surface area contributed by atoms with Crippen LogP contribution in [-0.4, -0.2) is 39.2 Å². The fourth-order valence-electron chi connectivity index (χ4n) is 3.54. The van der Waals surface area contributed by atoms with Gasteiger partial charge in [0.1, 0.15) is 5.75 Å². The Hall–Kier alpha value is -3.91. The number of carbonyl (C=O) groups excluding carboxylic acids is 1. The quantitative estimate of drug-likeness (QED) is 0.172. The molecule has 0 fully saturated rings. The fourth-order valence-corrected chi connectivity index (χ4v) is 4.28. The summed E-state index contributed by atoms with van der Waals surface area (Å²) >= 11 is 1.30. The largest absolute Gasteiger partial charge is 0.494 e. The summed E-state index contributed by atoms with van der Waals surface area (Å²) in [6.45, 7) is 6.86. The number of hydrogen-bond acceptors (Lipinski definition) is 6. The van der Waals surface area contributed by atoms with Crippen molar-refractivity contribution in [2.45, 2.75) is 31.8 Å². The van der Waals surface area contributed by atoms with Gasteiger partial charge in [0, 0.05) is 11.3 Å². The molecule has 4 aromatic rings. The van der Waals surface area contributed by atoms with E-state index in [1.807, 2.05) is 78.2 Å². The summed E-state index contributed by atoms with van der Waals surface area (Å²) in [7, 11) is 0. The lowest BCUT2D eigenvalue weighted by molar-refractivity contribution is -0.118. The van der Waals surface area contributed by atoms with Crippen LogP contribution in [0.15, 0.2) is 89.1 Å². The van der Waals surface area contributed by atoms with Crippen molar-refractivity contribution in [2.75, 3.05) is 12.4 Å². The van der Waals surface area contributed by atoms with E-state index in [4.69, 9.17) is 4.74 Å². The fraction of sp³-hybridized carbons (Fsp3) is 0.214. The third-order valence-electron chi connectivity index (χ3n) is 5.41. The number of hydrazone groups is 1. The summed E-state index contributed by atoms with van der Waals surface area (Å²) in [6, 6.07) is 25.7. The number of amides is 1. The number of nitrogens with one attached hydrogen (secondary N) is 1. The first-order valence-electron chi connectivity index (χ1n) is 11.8. The minimum absolute atomic E-state index is 0.146. The maximum absolute atomic E-state index is 12.5. The molecule has 36 heavy (non-hydrogen) atoms. The van der Waals surface area contributed by atoms with Crippen LogP contribution in [0.2, 0.25) is 0 Å². The van der Waals surface area contributed by atoms with Gasteiger partial charge in [0.05, 0.1) is 18.6 Å². The molecule has 0 saturated heterocycles. The molecule has 0 aliphatic heterocycles. The average molecular weight is 500 g/mol. The minimum atomic E-state index is -0.224. The highest BCUT2D eigenvalue weighted by Gasteiger charge is 2.17. The molecule has 0 saturated carbocycles. The van der Waals surface area contributed by atoms with Gasteiger partial charge in [-0.3, -0.25) is 9.36 Å². The third kappa shape index (κ3) is 6.40. The molecule has 1 aromatic heterocycles. The Labute approximate surface area is 215 Å². The van der Waals surface area contributed by atoms with Crippen molar-refractivity contribution < 1.29 is 9.53 Å². The smallest absolute Gasteiger partial charge is 0.250 e. The molecule has 7 nitrogen and oxygen atoms in total. The number of rotatable bonds is 10. The van der Waals surface area contributed by atoms with Crippen molar-refractivity contribution in [3.8, 4) is 22.8 Å². The second-order valence-electron chi connectivity index (χ2n) is 8.34. The van der Waals surface area contributed by atoms with Crippen LogP contribution in [-0.2, 0) is 4.79 Å². The first-order valence-corrected chi connectivity index (χ1v) is 12.8. The molecule has 0 aliphatic rings. The molecule has 1 N–H and O–H groups in total. The zero-order valence-electron chi connectivity index (χ0n) is 20.6. The van der Waals surface area contributed by atoms with E-state index in [0.717, 1.165) is 22.6 Å². The number of nitrogens with zero attached hydrogens (tertiary/aromatic N) is 4. The zero-order valence-corrected chi connectivity index (χ0v) is 21.4. The van der Waals surface area contributed by atoms with Crippen molar-refractivity contribution in [3.05, 3.63) is 90.0 Å². The standard InChI is InChI=1S/C28H29N5O2S/c1-4-35-25-16-14-24(15-17-25)33-27(23-8-6-5-7-9-23)31-32-28(33)36-19-26(34)30-29-18-21-10-12-22(13-11-21)20(2)3/h5-18,20H,4,19H2,1-3H3,(H,30,34)/b29-18+. The molecule has 1 amide bonds. The molecule has 1 heterocycles. The van der Waals surface area contributed by atoms with Crippen molar-refractivity contribution in [2.24, 2.45) is 5.10 Å². The predicted molar refractivity (Wildman–Crippen MR) is 145 cm³/mol. The van der Waals surface area contributed by atoms with E-state index >= 15 is 0 Å². The Morgan fingerprint density at radius 3 is 2.42 bits per heavy atom. The van der Waals surface area contributed by atoms with E-state index in [2.05, 4.69) is 46.7 Å². The summed E-state index contributed by atoms with van der Waals surface area (Å²) in [6.07, 6.45) is 1.64. The molecule has 0 atom stereocenters. The zero-order chi connectivity index (χ0) is 25.3. The Balaban J connectivity index is 1.46. The van der Waals surface area contributed by atoms with Gasteiger partial charge in [0.2, 0.25) is 0 Å². The highest BCUT2D eigenvalue weighted by Crippen LogP contribution is 2.28. The van der Waals surface area contributed by atoms with Crippen LogP contribution >= 0.6 is 11.8 Å². The lowest BCUT2D eigenvalue weighted by Crippen LogP contribution is -2.20. The van der Waals surface area contributed by atoms with E-state index in [9.17, 15) is 4.79 Å². The lowest BCUT2D eigenvalue weighted by atomic mass is 10.0. The minimum Gasteiger partial charge on any atom is -0.494 e. The first kappa shape index (κ1) is 25.2. The molecular weight excluding hydrogens is 470 g/mol. The number of benzene rings is 3. The third-order valence-corrected chi connectivity index (χ3v) is 6.34. The summed E-state index contributed by atoms with van der Waals surface area (Å²) in [5.74, 6) is 1.89. The maximum atomic E-state index is 12.5. The van der Waals surface area contributed by atoms with Crippen molar-refractivity contribution in [3.63, 3.8) is 0 Å². The second-order valence-corrected chi connectivity index (χ2v) is 9.28. The Bertz CT molecular complexity index is 1300. The number of thioether (sulfide) groups is 1. The van der Waals surface area contributed by atoms with Gasteiger partial charge in [0.25, 0.3) is 5.91 Å². The predicted octanol–water partition coefficient (Wildman–Crippen LogP) is 5.70. The van der Waals surface area contributed by atoms with Crippen molar-refractivity contribution >= 4 is 23.9 Å². The Morgan fingerprint density at radius 2 is 1.75 bits per heavy atom. The molecule has 0 unspecified atom stereocenters. The normalized spacial score (nSPS) is 11.2. The van der Waals surface area contributed by atoms with E-state index in [1.54, 1.807) is 6.21 Å². The first-order chi connectivity index (χ1) is 17.5. The maximum Gasteiger partial charge on any atom is 0.250 e. The van der Waals surface area contributed by atoms with Crippen LogP contribution < -0.4 is 10.2 Å². The van der Waals surface area contributed by atoms with Gasteiger partial charge in [-0.05, 0) is 48.2 Å². The summed E-state index contributed by atoms with van der Waals surface area (Å²) in [4.78, 5) is 12.5. The number of aromatic nitrogens is 3. The lowest BCUT2D eigenvalue weighted by Gasteiger charge is -2.11. The van der Waals surface area contributed by atoms with Crippen LogP contribution in [0.4, 0.5) is 0 Å². The average Bonchev–Trinajstić information content (AvgIpc) is 3.33. The van der Waals surface area contributed by atoms with Gasteiger partial charge >= 0.3 is 0 Å². The monoisotopic (exact) mass is 499 g/mol. The molecule has 0 radical (unpaired) electrons. The van der Waals surface area contributed by atoms with Crippen LogP contribution in [0.1, 0.15) is 37.8 Å². The van der Waals surface area contributed by atoms with Gasteiger partial charge in [-0.2, -0.15) is 5.10 Å². The number of carbonyl (C=O) groups is 1. The van der Waals surface area contributed by atoms with Gasteiger partial charge in [-0.25, -0.2) is 5.43 Å². The van der Waals surface area contributed by atoms with Crippen molar-refractivity contribution in [1.29, 1.82) is 0 Å². The summed E-state index contributed by atoms with van der Waals surface area (Å²) in [5, 5.41) is 13.5. The van der Waals surface area contributed by atoms with E-state index in [-0.39, 0.29) is 11.7 Å². The molecule has 0 bridgehead atoms. The SMILES string of the molecule is CCOc1ccc(-n2c(SCC(=O)N/N=C/c3ccc(C(C)C)cc3)nnc2-c2ccccc2)cc1. The molecule has 4 rings (SSSR count). The van der Waals surface area contributed by atoms with E-state index in [0.29, 0.717) is 23.5 Å². The van der Waals surface area contributed by atoms with Crippen LogP contribution in [0.5, 0.6) is 5.75 Å². The molecule has 3 aromatic carbocycles. The van der Waals surface area contributed by atoms with Gasteiger partial charge in [0.15, 0.2) is 11.0 Å². The summed E-state index contributed by atoms with van der Waals surface area (Å²) in [5.41, 5.74) is 6.60. The van der Waals surface area contributed by atoms with Gasteiger partial charge in [-0.1, -0.05) is 80.2 Å². The van der Waals surface area contributed by atoms with E-state index in [1.165, 1.54) is 17.3 Å². The highest BCUT2D eigenvalue weighted by atomic mass is 32.2. The Morgan fingerprint density at radius 1 is 1.03 bits per heavy atom. The molecule has 8 heteroatoms. The number of hydrogen-bond donors (Lipinski definition) is 1. The second kappa shape index (κ2) is 12.2. The van der Waals surface area contributed by atoms with E-state index < -0.39 is 0 Å².